The Morgan fingerprint density at radius 1 is 1.25 bits per heavy atom. The smallest absolute Gasteiger partial charge is 0.0701 e. The average molecular weight is 171 g/mol. The lowest BCUT2D eigenvalue weighted by Gasteiger charge is -2.03. The van der Waals surface area contributed by atoms with Crippen molar-refractivity contribution >= 4 is 0 Å². The third kappa shape index (κ3) is 9.44. The second-order valence-corrected chi connectivity index (χ2v) is 2.19. The molecule has 0 aromatic heterocycles. The van der Waals surface area contributed by atoms with Gasteiger partial charge in [-0.25, -0.2) is 0 Å². The van der Waals surface area contributed by atoms with Gasteiger partial charge in [-0.15, -0.1) is 6.42 Å². The van der Waals surface area contributed by atoms with Gasteiger partial charge in [0.2, 0.25) is 0 Å². The van der Waals surface area contributed by atoms with Crippen LogP contribution in [0.3, 0.4) is 0 Å². The molecule has 0 bridgehead atoms. The van der Waals surface area contributed by atoms with E-state index in [1.165, 1.54) is 0 Å². The SMILES string of the molecule is C#CCNCCOCCOCC. The van der Waals surface area contributed by atoms with Crippen molar-refractivity contribution in [2.75, 3.05) is 39.5 Å². The van der Waals surface area contributed by atoms with E-state index in [1.54, 1.807) is 0 Å². The predicted octanol–water partition coefficient (Wildman–Crippen LogP) is 0.262. The maximum atomic E-state index is 5.23. The Morgan fingerprint density at radius 2 is 2.00 bits per heavy atom. The molecule has 0 amide bonds. The molecule has 0 aliphatic carbocycles. The van der Waals surface area contributed by atoms with Gasteiger partial charge < -0.3 is 14.8 Å². The van der Waals surface area contributed by atoms with E-state index in [4.69, 9.17) is 15.9 Å². The van der Waals surface area contributed by atoms with Crippen LogP contribution in [0.25, 0.3) is 0 Å². The monoisotopic (exact) mass is 171 g/mol. The topological polar surface area (TPSA) is 30.5 Å². The summed E-state index contributed by atoms with van der Waals surface area (Å²) in [7, 11) is 0. The standard InChI is InChI=1S/C9H17NO2/c1-3-5-10-6-7-12-9-8-11-4-2/h1,10H,4-9H2,2H3. The lowest BCUT2D eigenvalue weighted by molar-refractivity contribution is 0.0543. The van der Waals surface area contributed by atoms with Gasteiger partial charge in [-0.05, 0) is 6.92 Å². The van der Waals surface area contributed by atoms with Crippen LogP contribution < -0.4 is 5.32 Å². The van der Waals surface area contributed by atoms with Crippen molar-refractivity contribution < 1.29 is 9.47 Å². The number of hydrogen-bond donors (Lipinski definition) is 1. The molecule has 12 heavy (non-hydrogen) atoms. The number of rotatable bonds is 8. The average Bonchev–Trinajstić information content (AvgIpc) is 2.10. The van der Waals surface area contributed by atoms with Gasteiger partial charge in [-0.2, -0.15) is 0 Å². The minimum Gasteiger partial charge on any atom is -0.379 e. The van der Waals surface area contributed by atoms with Gasteiger partial charge >= 0.3 is 0 Å². The molecule has 3 nitrogen and oxygen atoms in total. The van der Waals surface area contributed by atoms with Gasteiger partial charge in [0.25, 0.3) is 0 Å². The second kappa shape index (κ2) is 10.4. The van der Waals surface area contributed by atoms with E-state index in [1.807, 2.05) is 6.92 Å². The molecule has 3 heteroatoms. The summed E-state index contributed by atoms with van der Waals surface area (Å²) in [6.45, 7) is 6.14. The van der Waals surface area contributed by atoms with E-state index in [9.17, 15) is 0 Å². The summed E-state index contributed by atoms with van der Waals surface area (Å²) in [6.07, 6.45) is 5.04. The van der Waals surface area contributed by atoms with E-state index >= 15 is 0 Å². The number of hydrogen-bond acceptors (Lipinski definition) is 3. The molecule has 0 aliphatic rings. The lowest BCUT2D eigenvalue weighted by Crippen LogP contribution is -2.20. The zero-order valence-corrected chi connectivity index (χ0v) is 7.64. The first-order valence-corrected chi connectivity index (χ1v) is 4.21. The van der Waals surface area contributed by atoms with Crippen LogP contribution in [-0.2, 0) is 9.47 Å². The quantitative estimate of drug-likeness (QED) is 0.420. The maximum absolute atomic E-state index is 5.23. The Kier molecular flexibility index (Phi) is 9.95. The molecule has 0 unspecified atom stereocenters. The van der Waals surface area contributed by atoms with Crippen LogP contribution in [0.5, 0.6) is 0 Å². The fourth-order valence-corrected chi connectivity index (χ4v) is 0.669. The van der Waals surface area contributed by atoms with Gasteiger partial charge in [-0.1, -0.05) is 5.92 Å². The van der Waals surface area contributed by atoms with E-state index in [-0.39, 0.29) is 0 Å². The minimum absolute atomic E-state index is 0.606. The van der Waals surface area contributed by atoms with E-state index in [2.05, 4.69) is 11.2 Å². The summed E-state index contributed by atoms with van der Waals surface area (Å²) >= 11 is 0. The van der Waals surface area contributed by atoms with Crippen molar-refractivity contribution in [3.05, 3.63) is 0 Å². The molecular formula is C9H17NO2. The van der Waals surface area contributed by atoms with E-state index < -0.39 is 0 Å². The highest BCUT2D eigenvalue weighted by Crippen LogP contribution is 1.76. The van der Waals surface area contributed by atoms with Gasteiger partial charge in [-0.3, -0.25) is 0 Å². The van der Waals surface area contributed by atoms with Crippen LogP contribution in [-0.4, -0.2) is 39.5 Å². The summed E-state index contributed by atoms with van der Waals surface area (Å²) in [5.74, 6) is 2.49. The predicted molar refractivity (Wildman–Crippen MR) is 49.0 cm³/mol. The molecule has 0 spiro atoms. The van der Waals surface area contributed by atoms with Crippen LogP contribution in [0, 0.1) is 12.3 Å². The molecule has 0 saturated heterocycles. The first-order valence-electron chi connectivity index (χ1n) is 4.21. The van der Waals surface area contributed by atoms with Crippen molar-refractivity contribution in [1.82, 2.24) is 5.32 Å². The fraction of sp³-hybridized carbons (Fsp3) is 0.778. The third-order valence-electron chi connectivity index (χ3n) is 1.23. The zero-order valence-electron chi connectivity index (χ0n) is 7.64. The molecule has 0 aromatic rings. The van der Waals surface area contributed by atoms with Crippen molar-refractivity contribution in [1.29, 1.82) is 0 Å². The Morgan fingerprint density at radius 3 is 2.67 bits per heavy atom. The van der Waals surface area contributed by atoms with Crippen LogP contribution >= 0.6 is 0 Å². The van der Waals surface area contributed by atoms with Crippen molar-refractivity contribution in [2.24, 2.45) is 0 Å². The number of terminal acetylenes is 1. The maximum Gasteiger partial charge on any atom is 0.0701 e. The Balaban J connectivity index is 2.78. The Hall–Kier alpha value is -0.560. The van der Waals surface area contributed by atoms with Crippen molar-refractivity contribution in [3.63, 3.8) is 0 Å². The van der Waals surface area contributed by atoms with E-state index in [0.29, 0.717) is 26.4 Å². The van der Waals surface area contributed by atoms with E-state index in [0.717, 1.165) is 13.2 Å². The number of ether oxygens (including phenoxy) is 2. The highest BCUT2D eigenvalue weighted by molar-refractivity contribution is 4.86. The van der Waals surface area contributed by atoms with Crippen molar-refractivity contribution in [2.45, 2.75) is 6.92 Å². The first-order chi connectivity index (χ1) is 5.91. The van der Waals surface area contributed by atoms with Crippen LogP contribution in [0.4, 0.5) is 0 Å². The fourth-order valence-electron chi connectivity index (χ4n) is 0.669. The summed E-state index contributed by atoms with van der Waals surface area (Å²) in [6, 6.07) is 0. The number of nitrogens with one attached hydrogen (secondary N) is 1. The largest absolute Gasteiger partial charge is 0.379 e. The van der Waals surface area contributed by atoms with Crippen LogP contribution in [0.15, 0.2) is 0 Å². The Bertz CT molecular complexity index is 120. The van der Waals surface area contributed by atoms with Crippen LogP contribution in [0.2, 0.25) is 0 Å². The molecular weight excluding hydrogens is 154 g/mol. The highest BCUT2D eigenvalue weighted by Gasteiger charge is 1.87. The molecule has 0 aromatic carbocycles. The molecule has 70 valence electrons. The van der Waals surface area contributed by atoms with Gasteiger partial charge in [0, 0.05) is 13.2 Å². The summed E-state index contributed by atoms with van der Waals surface area (Å²) < 4.78 is 10.3. The van der Waals surface area contributed by atoms with Gasteiger partial charge in [0.15, 0.2) is 0 Å². The molecule has 0 aliphatic heterocycles. The van der Waals surface area contributed by atoms with Gasteiger partial charge in [0.05, 0.1) is 26.4 Å². The minimum atomic E-state index is 0.606. The Labute approximate surface area is 74.4 Å². The van der Waals surface area contributed by atoms with Crippen LogP contribution in [0.1, 0.15) is 6.92 Å². The third-order valence-corrected chi connectivity index (χ3v) is 1.23. The molecule has 0 heterocycles. The lowest BCUT2D eigenvalue weighted by atomic mass is 10.6. The summed E-state index contributed by atoms with van der Waals surface area (Å²) in [4.78, 5) is 0. The molecule has 0 fully saturated rings. The molecule has 0 rings (SSSR count). The van der Waals surface area contributed by atoms with Gasteiger partial charge in [0.1, 0.15) is 0 Å². The summed E-state index contributed by atoms with van der Waals surface area (Å²) in [5.41, 5.74) is 0. The molecule has 1 N–H and O–H groups in total. The highest BCUT2D eigenvalue weighted by atomic mass is 16.5. The normalized spacial score (nSPS) is 9.67. The summed E-state index contributed by atoms with van der Waals surface area (Å²) in [5, 5.41) is 3.02. The molecule has 0 radical (unpaired) electrons. The second-order valence-electron chi connectivity index (χ2n) is 2.19. The zero-order chi connectivity index (χ0) is 9.07. The molecule has 0 atom stereocenters. The molecule has 0 saturated carbocycles. The first kappa shape index (κ1) is 11.4. The van der Waals surface area contributed by atoms with Crippen molar-refractivity contribution in [3.8, 4) is 12.3 Å².